The highest BCUT2D eigenvalue weighted by molar-refractivity contribution is 5.99. The van der Waals surface area contributed by atoms with Crippen LogP contribution in [-0.2, 0) is 17.5 Å². The monoisotopic (exact) mass is 576 g/mol. The first kappa shape index (κ1) is 29.0. The van der Waals surface area contributed by atoms with E-state index in [1.807, 2.05) is 25.2 Å². The highest BCUT2D eigenvalue weighted by Gasteiger charge is 2.41. The van der Waals surface area contributed by atoms with Crippen LogP contribution < -0.4 is 16.8 Å². The fraction of sp³-hybridized carbons (Fsp3) is 0.258. The number of nitrogens with two attached hydrogens (primary N) is 2. The second-order valence-corrected chi connectivity index (χ2v) is 10.4. The lowest BCUT2D eigenvalue weighted by atomic mass is 9.93. The number of halogens is 3. The second kappa shape index (κ2) is 11.4. The van der Waals surface area contributed by atoms with E-state index < -0.39 is 17.8 Å². The topological polar surface area (TPSA) is 119 Å². The summed E-state index contributed by atoms with van der Waals surface area (Å²) < 4.78 is 44.3. The molecular weight excluding hydrogens is 545 g/mol. The van der Waals surface area contributed by atoms with Gasteiger partial charge in [-0.3, -0.25) is 14.5 Å². The summed E-state index contributed by atoms with van der Waals surface area (Å²) in [5.74, 6) is -1.24. The Hall–Kier alpha value is -4.48. The second-order valence-electron chi connectivity index (χ2n) is 10.4. The van der Waals surface area contributed by atoms with Gasteiger partial charge in [0.25, 0.3) is 5.91 Å². The minimum Gasteiger partial charge on any atom is -0.364 e. The number of hydrogen-bond acceptors (Lipinski definition) is 5. The van der Waals surface area contributed by atoms with E-state index >= 15 is 0 Å². The van der Waals surface area contributed by atoms with Gasteiger partial charge in [-0.1, -0.05) is 42.5 Å². The van der Waals surface area contributed by atoms with Crippen molar-refractivity contribution in [2.24, 2.45) is 11.5 Å². The third-order valence-corrected chi connectivity index (χ3v) is 7.35. The summed E-state index contributed by atoms with van der Waals surface area (Å²) in [5.41, 5.74) is 12.8. The average Bonchev–Trinajstić information content (AvgIpc) is 3.72. The number of hydrogen-bond donors (Lipinski definition) is 3. The molecule has 5 rings (SSSR count). The van der Waals surface area contributed by atoms with Crippen LogP contribution in [0.15, 0.2) is 72.8 Å². The lowest BCUT2D eigenvalue weighted by molar-refractivity contribution is -0.140. The van der Waals surface area contributed by atoms with Gasteiger partial charge in [0.15, 0.2) is 5.69 Å². The fourth-order valence-corrected chi connectivity index (χ4v) is 5.29. The molecule has 218 valence electrons. The Balaban J connectivity index is 1.67. The Morgan fingerprint density at radius 2 is 1.74 bits per heavy atom. The molecule has 1 fully saturated rings. The van der Waals surface area contributed by atoms with Gasteiger partial charge in [-0.25, -0.2) is 4.68 Å². The molecule has 8 nitrogen and oxygen atoms in total. The van der Waals surface area contributed by atoms with Crippen molar-refractivity contribution in [3.8, 4) is 16.8 Å². The van der Waals surface area contributed by atoms with E-state index in [0.717, 1.165) is 28.7 Å². The van der Waals surface area contributed by atoms with Crippen molar-refractivity contribution in [3.63, 3.8) is 0 Å². The number of nitrogens with zero attached hydrogens (tertiary/aromatic N) is 3. The zero-order chi connectivity index (χ0) is 30.2. The molecule has 5 N–H and O–H groups in total. The molecule has 0 bridgehead atoms. The van der Waals surface area contributed by atoms with Crippen LogP contribution >= 0.6 is 0 Å². The number of amides is 2. The predicted octanol–water partition coefficient (Wildman–Crippen LogP) is 5.26. The Bertz CT molecular complexity index is 1630. The van der Waals surface area contributed by atoms with Crippen molar-refractivity contribution in [1.29, 1.82) is 0 Å². The maximum absolute atomic E-state index is 14.5. The molecule has 4 aromatic rings. The molecule has 42 heavy (non-hydrogen) atoms. The summed E-state index contributed by atoms with van der Waals surface area (Å²) in [7, 11) is 1.98. The summed E-state index contributed by atoms with van der Waals surface area (Å²) in [6.45, 7) is 1.58. The van der Waals surface area contributed by atoms with Crippen LogP contribution in [0, 0.1) is 0 Å². The first-order valence-electron chi connectivity index (χ1n) is 13.5. The van der Waals surface area contributed by atoms with Gasteiger partial charge >= 0.3 is 6.18 Å². The van der Waals surface area contributed by atoms with Crippen LogP contribution in [0.25, 0.3) is 16.8 Å². The molecule has 0 aliphatic heterocycles. The van der Waals surface area contributed by atoms with Crippen molar-refractivity contribution in [1.82, 2.24) is 14.7 Å². The molecule has 1 atom stereocenters. The van der Waals surface area contributed by atoms with E-state index in [1.54, 1.807) is 48.5 Å². The maximum atomic E-state index is 14.5. The van der Waals surface area contributed by atoms with Gasteiger partial charge in [-0.15, -0.1) is 0 Å². The van der Waals surface area contributed by atoms with Crippen molar-refractivity contribution < 1.29 is 22.8 Å². The van der Waals surface area contributed by atoms with Gasteiger partial charge in [0.2, 0.25) is 5.91 Å². The molecule has 1 saturated carbocycles. The number of rotatable bonds is 9. The standard InChI is InChI=1S/C31H31F3N6O2/c1-18(41)37-23-11-9-20(10-12-23)27(39(2)24-13-14-24)22-7-4-6-21(16-22)26-28(30(36)42)40(38-29(26)31(32,33)34)25-8-3-5-19(15-25)17-35/h3-12,15-16,24,27H,13-14,17,35H2,1-2H3,(H2,36,42)(H,37,41). The Morgan fingerprint density at radius 3 is 2.33 bits per heavy atom. The molecule has 0 saturated heterocycles. The normalized spacial score (nSPS) is 14.2. The average molecular weight is 577 g/mol. The van der Waals surface area contributed by atoms with Gasteiger partial charge in [0, 0.05) is 30.8 Å². The zero-order valence-electron chi connectivity index (χ0n) is 23.2. The van der Waals surface area contributed by atoms with Crippen molar-refractivity contribution in [2.45, 2.75) is 44.6 Å². The Kier molecular flexibility index (Phi) is 7.89. The first-order chi connectivity index (χ1) is 20.0. The van der Waals surface area contributed by atoms with Gasteiger partial charge < -0.3 is 16.8 Å². The smallest absolute Gasteiger partial charge is 0.364 e. The number of primary amides is 1. The summed E-state index contributed by atoms with van der Waals surface area (Å²) >= 11 is 0. The number of alkyl halides is 3. The lowest BCUT2D eigenvalue weighted by Gasteiger charge is -2.29. The van der Waals surface area contributed by atoms with Crippen LogP contribution in [0.1, 0.15) is 58.7 Å². The van der Waals surface area contributed by atoms with Crippen LogP contribution in [0.2, 0.25) is 0 Å². The van der Waals surface area contributed by atoms with Crippen molar-refractivity contribution in [3.05, 3.63) is 101 Å². The van der Waals surface area contributed by atoms with Crippen molar-refractivity contribution in [2.75, 3.05) is 12.4 Å². The Morgan fingerprint density at radius 1 is 1.05 bits per heavy atom. The summed E-state index contributed by atoms with van der Waals surface area (Å²) in [5, 5.41) is 6.62. The van der Waals surface area contributed by atoms with Crippen molar-refractivity contribution >= 4 is 17.5 Å². The van der Waals surface area contributed by atoms with E-state index in [4.69, 9.17) is 11.5 Å². The fourth-order valence-electron chi connectivity index (χ4n) is 5.29. The van der Waals surface area contributed by atoms with Gasteiger partial charge in [0.05, 0.1) is 11.7 Å². The molecular formula is C31H31F3N6O2. The number of benzene rings is 3. The van der Waals surface area contributed by atoms with Gasteiger partial charge in [-0.2, -0.15) is 18.3 Å². The molecule has 11 heteroatoms. The van der Waals surface area contributed by atoms with E-state index in [1.165, 1.54) is 13.0 Å². The summed E-state index contributed by atoms with van der Waals surface area (Å²) in [6, 6.07) is 20.6. The van der Waals surface area contributed by atoms with Crippen LogP contribution in [0.5, 0.6) is 0 Å². The minimum absolute atomic E-state index is 0.156. The molecule has 1 aliphatic carbocycles. The number of anilines is 1. The zero-order valence-corrected chi connectivity index (χ0v) is 23.2. The summed E-state index contributed by atoms with van der Waals surface area (Å²) in [4.78, 5) is 26.4. The highest BCUT2D eigenvalue weighted by atomic mass is 19.4. The molecule has 3 aromatic carbocycles. The molecule has 1 aromatic heterocycles. The van der Waals surface area contributed by atoms with E-state index in [9.17, 15) is 22.8 Å². The number of nitrogens with one attached hydrogen (secondary N) is 1. The molecule has 2 amide bonds. The van der Waals surface area contributed by atoms with Crippen LogP contribution in [0.4, 0.5) is 18.9 Å². The number of aromatic nitrogens is 2. The quantitative estimate of drug-likeness (QED) is 0.251. The lowest BCUT2D eigenvalue weighted by Crippen LogP contribution is -2.27. The molecule has 0 radical (unpaired) electrons. The number of carbonyl (C=O) groups is 2. The first-order valence-corrected chi connectivity index (χ1v) is 13.5. The summed E-state index contributed by atoms with van der Waals surface area (Å²) in [6.07, 6.45) is -2.85. The largest absolute Gasteiger partial charge is 0.435 e. The third-order valence-electron chi connectivity index (χ3n) is 7.35. The molecule has 1 heterocycles. The van der Waals surface area contributed by atoms with Gasteiger partial charge in [0.1, 0.15) is 5.69 Å². The maximum Gasteiger partial charge on any atom is 0.435 e. The van der Waals surface area contributed by atoms with E-state index in [2.05, 4.69) is 15.3 Å². The van der Waals surface area contributed by atoms with E-state index in [0.29, 0.717) is 17.3 Å². The van der Waals surface area contributed by atoms with Gasteiger partial charge in [-0.05, 0) is 72.5 Å². The van der Waals surface area contributed by atoms with Crippen LogP contribution in [-0.4, -0.2) is 39.6 Å². The minimum atomic E-state index is -4.87. The Labute approximate surface area is 241 Å². The van der Waals surface area contributed by atoms with E-state index in [-0.39, 0.29) is 41.0 Å². The predicted molar refractivity (Wildman–Crippen MR) is 154 cm³/mol. The molecule has 1 aliphatic rings. The van der Waals surface area contributed by atoms with Crippen LogP contribution in [0.3, 0.4) is 0 Å². The molecule has 0 spiro atoms. The molecule has 1 unspecified atom stereocenters. The SMILES string of the molecule is CC(=O)Nc1ccc(C(c2cccc(-c3c(C(F)(F)F)nn(-c4cccc(CN)c4)c3C(N)=O)c2)N(C)C2CC2)cc1. The highest BCUT2D eigenvalue weighted by Crippen LogP contribution is 2.42. The third kappa shape index (κ3) is 5.93. The number of carbonyl (C=O) groups excluding carboxylic acids is 2.